The number of para-hydroxylation sites is 1. The van der Waals surface area contributed by atoms with Crippen molar-refractivity contribution in [2.45, 2.75) is 30.2 Å². The van der Waals surface area contributed by atoms with Gasteiger partial charge in [0, 0.05) is 16.5 Å². The molecule has 0 amide bonds. The maximum Gasteiger partial charge on any atom is 0.209 e. The molecule has 0 spiro atoms. The molecule has 1 aliphatic rings. The number of hydrogen-bond acceptors (Lipinski definition) is 5. The molecule has 1 N–H and O–H groups in total. The monoisotopic (exact) mass is 437 g/mol. The van der Waals surface area contributed by atoms with E-state index in [9.17, 15) is 0 Å². The lowest BCUT2D eigenvalue weighted by molar-refractivity contribution is 0.416. The second-order valence-corrected chi connectivity index (χ2v) is 8.45. The maximum atomic E-state index is 6.15. The van der Waals surface area contributed by atoms with Gasteiger partial charge in [-0.3, -0.25) is 5.10 Å². The molecule has 0 atom stereocenters. The molecule has 0 bridgehead atoms. The molecule has 0 fully saturated rings. The van der Waals surface area contributed by atoms with E-state index in [-0.39, 0.29) is 0 Å². The fraction of sp³-hybridized carbons (Fsp3) is 0.227. The number of fused-ring (bicyclic) bond motifs is 1. The van der Waals surface area contributed by atoms with Crippen molar-refractivity contribution in [3.05, 3.63) is 70.5 Å². The van der Waals surface area contributed by atoms with Crippen LogP contribution in [-0.4, -0.2) is 32.1 Å². The highest BCUT2D eigenvalue weighted by Crippen LogP contribution is 2.33. The summed E-state index contributed by atoms with van der Waals surface area (Å²) in [4.78, 5) is 4.63. The summed E-state index contributed by atoms with van der Waals surface area (Å²) in [5.41, 5.74) is 5.72. The molecule has 0 unspecified atom stereocenters. The third-order valence-electron chi connectivity index (χ3n) is 5.23. The predicted octanol–water partition coefficient (Wildman–Crippen LogP) is 5.10. The number of methoxy groups -OCH3 is 1. The van der Waals surface area contributed by atoms with Gasteiger partial charge in [-0.1, -0.05) is 41.6 Å². The summed E-state index contributed by atoms with van der Waals surface area (Å²) in [5.74, 6) is 2.06. The van der Waals surface area contributed by atoms with Gasteiger partial charge < -0.3 is 4.74 Å². The largest absolute Gasteiger partial charge is 0.496 e. The van der Waals surface area contributed by atoms with Crippen LogP contribution in [0.1, 0.15) is 23.4 Å². The zero-order valence-electron chi connectivity index (χ0n) is 16.4. The average molecular weight is 438 g/mol. The number of halogens is 1. The summed E-state index contributed by atoms with van der Waals surface area (Å²) >= 11 is 7.72. The van der Waals surface area contributed by atoms with Gasteiger partial charge in [-0.05, 0) is 55.2 Å². The second-order valence-electron chi connectivity index (χ2n) is 7.07. The lowest BCUT2D eigenvalue weighted by Gasteiger charge is -2.05. The molecule has 1 aliphatic carbocycles. The molecule has 0 saturated heterocycles. The van der Waals surface area contributed by atoms with Gasteiger partial charge in [0.2, 0.25) is 5.16 Å². The zero-order chi connectivity index (χ0) is 20.5. The number of rotatable bonds is 6. The van der Waals surface area contributed by atoms with Gasteiger partial charge >= 0.3 is 0 Å². The van der Waals surface area contributed by atoms with Gasteiger partial charge in [-0.25, -0.2) is 9.67 Å². The van der Waals surface area contributed by atoms with Crippen LogP contribution in [-0.2, 0) is 18.6 Å². The number of aromatic nitrogens is 5. The average Bonchev–Trinajstić information content (AvgIpc) is 3.50. The van der Waals surface area contributed by atoms with E-state index < -0.39 is 0 Å². The van der Waals surface area contributed by atoms with Crippen molar-refractivity contribution in [1.82, 2.24) is 25.0 Å². The van der Waals surface area contributed by atoms with E-state index in [0.717, 1.165) is 35.5 Å². The fourth-order valence-electron chi connectivity index (χ4n) is 3.84. The first kappa shape index (κ1) is 19.2. The number of nitrogens with one attached hydrogen (secondary N) is 1. The van der Waals surface area contributed by atoms with Crippen LogP contribution in [0.3, 0.4) is 0 Å². The van der Waals surface area contributed by atoms with Crippen LogP contribution in [0.2, 0.25) is 5.02 Å². The number of thioether (sulfide) groups is 1. The Morgan fingerprint density at radius 3 is 2.87 bits per heavy atom. The van der Waals surface area contributed by atoms with Gasteiger partial charge in [-0.15, -0.1) is 5.10 Å². The van der Waals surface area contributed by atoms with Crippen molar-refractivity contribution in [1.29, 1.82) is 0 Å². The molecule has 0 aliphatic heterocycles. The van der Waals surface area contributed by atoms with Gasteiger partial charge in [0.05, 0.1) is 24.1 Å². The third-order valence-corrected chi connectivity index (χ3v) is 6.33. The number of H-pyrrole nitrogens is 1. The Bertz CT molecular complexity index is 1190. The van der Waals surface area contributed by atoms with Gasteiger partial charge in [0.1, 0.15) is 5.75 Å². The summed E-state index contributed by atoms with van der Waals surface area (Å²) in [5, 5.41) is 13.6. The summed E-state index contributed by atoms with van der Waals surface area (Å²) in [6.07, 6.45) is 3.33. The second kappa shape index (κ2) is 8.16. The Balaban J connectivity index is 1.38. The number of aromatic amines is 1. The summed E-state index contributed by atoms with van der Waals surface area (Å²) in [6.45, 7) is 0. The lowest BCUT2D eigenvalue weighted by atomic mass is 10.2. The third kappa shape index (κ3) is 3.59. The molecule has 0 radical (unpaired) electrons. The van der Waals surface area contributed by atoms with E-state index >= 15 is 0 Å². The molecule has 4 aromatic rings. The van der Waals surface area contributed by atoms with Crippen molar-refractivity contribution in [2.24, 2.45) is 0 Å². The van der Waals surface area contributed by atoms with Gasteiger partial charge in [-0.2, -0.15) is 5.10 Å². The van der Waals surface area contributed by atoms with E-state index in [1.54, 1.807) is 24.9 Å². The Morgan fingerprint density at radius 1 is 1.17 bits per heavy atom. The van der Waals surface area contributed by atoms with Crippen LogP contribution in [0, 0.1) is 0 Å². The SMILES string of the molecule is COc1ccc(Cl)cc1-c1nc(SCc2nn(-c3ccccc3)c3c2CCC3)n[nH]1. The molecular formula is C22H20ClN5OS. The van der Waals surface area contributed by atoms with Crippen LogP contribution in [0.4, 0.5) is 0 Å². The lowest BCUT2D eigenvalue weighted by Crippen LogP contribution is -2.01. The Labute approximate surface area is 183 Å². The van der Waals surface area contributed by atoms with E-state index in [4.69, 9.17) is 21.4 Å². The molecule has 8 heteroatoms. The van der Waals surface area contributed by atoms with E-state index in [2.05, 4.69) is 32.0 Å². The van der Waals surface area contributed by atoms with Crippen LogP contribution < -0.4 is 4.74 Å². The molecule has 30 heavy (non-hydrogen) atoms. The minimum Gasteiger partial charge on any atom is -0.496 e. The van der Waals surface area contributed by atoms with Crippen LogP contribution >= 0.6 is 23.4 Å². The number of benzene rings is 2. The van der Waals surface area contributed by atoms with Crippen molar-refractivity contribution < 1.29 is 4.74 Å². The highest BCUT2D eigenvalue weighted by Gasteiger charge is 2.23. The first-order valence-electron chi connectivity index (χ1n) is 9.77. The van der Waals surface area contributed by atoms with Crippen molar-refractivity contribution >= 4 is 23.4 Å². The summed E-state index contributed by atoms with van der Waals surface area (Å²) < 4.78 is 7.52. The molecule has 5 rings (SSSR count). The summed E-state index contributed by atoms with van der Waals surface area (Å²) in [6, 6.07) is 15.8. The molecule has 152 valence electrons. The first-order chi connectivity index (χ1) is 14.7. The fourth-order valence-corrected chi connectivity index (χ4v) is 4.78. The Kier molecular flexibility index (Phi) is 5.23. The normalized spacial score (nSPS) is 12.9. The number of nitrogens with zero attached hydrogens (tertiary/aromatic N) is 4. The molecule has 2 aromatic carbocycles. The first-order valence-corrected chi connectivity index (χ1v) is 11.1. The Morgan fingerprint density at radius 2 is 2.03 bits per heavy atom. The maximum absolute atomic E-state index is 6.15. The number of hydrogen-bond donors (Lipinski definition) is 1. The molecule has 6 nitrogen and oxygen atoms in total. The van der Waals surface area contributed by atoms with E-state index in [1.165, 1.54) is 17.7 Å². The topological polar surface area (TPSA) is 68.6 Å². The predicted molar refractivity (Wildman–Crippen MR) is 119 cm³/mol. The van der Waals surface area contributed by atoms with Crippen LogP contribution in [0.25, 0.3) is 17.1 Å². The number of ether oxygens (including phenoxy) is 1. The van der Waals surface area contributed by atoms with Crippen molar-refractivity contribution in [3.63, 3.8) is 0 Å². The van der Waals surface area contributed by atoms with Gasteiger partial charge in [0.25, 0.3) is 0 Å². The minimum absolute atomic E-state index is 0.624. The van der Waals surface area contributed by atoms with E-state index in [1.807, 2.05) is 30.3 Å². The Hall–Kier alpha value is -2.77. The minimum atomic E-state index is 0.624. The molecule has 2 heterocycles. The van der Waals surface area contributed by atoms with Crippen molar-refractivity contribution in [3.8, 4) is 22.8 Å². The highest BCUT2D eigenvalue weighted by atomic mass is 35.5. The van der Waals surface area contributed by atoms with Crippen molar-refractivity contribution in [2.75, 3.05) is 7.11 Å². The van der Waals surface area contributed by atoms with Crippen LogP contribution in [0.5, 0.6) is 5.75 Å². The smallest absolute Gasteiger partial charge is 0.209 e. The standard InChI is InChI=1S/C22H20ClN5OS/c1-29-20-11-10-14(23)12-17(20)21-24-22(26-25-21)30-13-18-16-8-5-9-19(16)28(27-18)15-6-3-2-4-7-15/h2-4,6-7,10-12H,5,8-9,13H2,1H3,(H,24,25,26). The molecular weight excluding hydrogens is 418 g/mol. The summed E-state index contributed by atoms with van der Waals surface area (Å²) in [7, 11) is 1.63. The highest BCUT2D eigenvalue weighted by molar-refractivity contribution is 7.98. The molecule has 2 aromatic heterocycles. The van der Waals surface area contributed by atoms with Crippen LogP contribution in [0.15, 0.2) is 53.7 Å². The molecule has 0 saturated carbocycles. The quantitative estimate of drug-likeness (QED) is 0.425. The van der Waals surface area contributed by atoms with E-state index in [0.29, 0.717) is 21.8 Å². The van der Waals surface area contributed by atoms with Gasteiger partial charge in [0.15, 0.2) is 5.82 Å². The zero-order valence-corrected chi connectivity index (χ0v) is 18.0.